The Morgan fingerprint density at radius 3 is 2.17 bits per heavy atom. The van der Waals surface area contributed by atoms with Gasteiger partial charge in [-0.15, -0.1) is 0 Å². The first-order valence-corrected chi connectivity index (χ1v) is 12.0. The number of phenolic OH excluding ortho intramolecular Hbond substituents is 1. The zero-order chi connectivity index (χ0) is 22.3. The van der Waals surface area contributed by atoms with Gasteiger partial charge in [0.2, 0.25) is 0 Å². The van der Waals surface area contributed by atoms with Gasteiger partial charge in [-0.25, -0.2) is 16.8 Å². The molecule has 0 fully saturated rings. The number of benzene rings is 3. The number of carboxylic acid groups (broad SMARTS) is 1. The first kappa shape index (κ1) is 22.2. The first-order valence-electron chi connectivity index (χ1n) is 8.09. The van der Waals surface area contributed by atoms with Crippen molar-refractivity contribution in [3.63, 3.8) is 0 Å². The highest BCUT2D eigenvalue weighted by Gasteiger charge is 2.27. The summed E-state index contributed by atoms with van der Waals surface area (Å²) in [5, 5.41) is 19.7. The molecular formula is C18H13Cl2NO7S2. The van der Waals surface area contributed by atoms with Crippen LogP contribution in [0.3, 0.4) is 0 Å². The Kier molecular flexibility index (Phi) is 5.87. The van der Waals surface area contributed by atoms with E-state index in [0.29, 0.717) is 0 Å². The van der Waals surface area contributed by atoms with E-state index in [0.717, 1.165) is 12.1 Å². The molecule has 8 nitrogen and oxygen atoms in total. The molecule has 3 N–H and O–H groups in total. The summed E-state index contributed by atoms with van der Waals surface area (Å²) in [4.78, 5) is 9.98. The molecular weight excluding hydrogens is 477 g/mol. The topological polar surface area (TPSA) is 138 Å². The molecule has 158 valence electrons. The van der Waals surface area contributed by atoms with Crippen LogP contribution in [0.1, 0.15) is 0 Å². The van der Waals surface area contributed by atoms with Gasteiger partial charge in [0.15, 0.2) is 15.6 Å². The highest BCUT2D eigenvalue weighted by atomic mass is 35.5. The number of rotatable bonds is 6. The van der Waals surface area contributed by atoms with Gasteiger partial charge < -0.3 is 10.2 Å². The fourth-order valence-electron chi connectivity index (χ4n) is 2.74. The number of fused-ring (bicyclic) bond motifs is 1. The summed E-state index contributed by atoms with van der Waals surface area (Å²) in [5.74, 6) is -3.58. The van der Waals surface area contributed by atoms with Crippen molar-refractivity contribution < 1.29 is 31.8 Å². The molecule has 0 bridgehead atoms. The van der Waals surface area contributed by atoms with Crippen LogP contribution in [-0.2, 0) is 24.7 Å². The van der Waals surface area contributed by atoms with Crippen molar-refractivity contribution in [2.24, 2.45) is 0 Å². The minimum absolute atomic E-state index is 0.000157. The van der Waals surface area contributed by atoms with E-state index < -0.39 is 42.2 Å². The van der Waals surface area contributed by atoms with E-state index in [1.165, 1.54) is 30.3 Å². The number of sulfonamides is 1. The Balaban J connectivity index is 2.21. The summed E-state index contributed by atoms with van der Waals surface area (Å²) in [5.41, 5.74) is -0.168. The van der Waals surface area contributed by atoms with Crippen LogP contribution >= 0.6 is 23.2 Å². The number of hydrogen-bond acceptors (Lipinski definition) is 6. The molecule has 0 atom stereocenters. The lowest BCUT2D eigenvalue weighted by Gasteiger charge is -2.15. The minimum atomic E-state index is -4.46. The number of hydrogen-bond donors (Lipinski definition) is 3. The molecule has 0 aliphatic carbocycles. The normalized spacial score (nSPS) is 12.1. The third-order valence-electron chi connectivity index (χ3n) is 4.08. The summed E-state index contributed by atoms with van der Waals surface area (Å²) in [7, 11) is -8.69. The molecule has 0 amide bonds. The molecule has 3 aromatic rings. The Hall–Kier alpha value is -2.53. The van der Waals surface area contributed by atoms with E-state index in [1.807, 2.05) is 0 Å². The van der Waals surface area contributed by atoms with Crippen LogP contribution in [0, 0.1) is 0 Å². The number of halogens is 2. The average molecular weight is 490 g/mol. The van der Waals surface area contributed by atoms with Crippen LogP contribution in [0.25, 0.3) is 10.8 Å². The molecule has 0 heterocycles. The van der Waals surface area contributed by atoms with Crippen LogP contribution in [-0.4, -0.2) is 38.8 Å². The fraction of sp³-hybridized carbons (Fsp3) is 0.0556. The SMILES string of the molecule is O=C(O)CS(=O)(=O)c1cc(NS(=O)(=O)c2ccc(Cl)c(Cl)c2)c2ccccc2c1O. The second-order valence-electron chi connectivity index (χ2n) is 6.15. The van der Waals surface area contributed by atoms with Crippen LogP contribution in [0.4, 0.5) is 5.69 Å². The van der Waals surface area contributed by atoms with Gasteiger partial charge in [0.25, 0.3) is 10.0 Å². The molecule has 0 aliphatic heterocycles. The van der Waals surface area contributed by atoms with Gasteiger partial charge in [-0.05, 0) is 24.3 Å². The molecule has 0 saturated heterocycles. The highest BCUT2D eigenvalue weighted by Crippen LogP contribution is 2.38. The maximum absolute atomic E-state index is 12.8. The second-order valence-corrected chi connectivity index (χ2v) is 10.6. The monoisotopic (exact) mass is 489 g/mol. The van der Waals surface area contributed by atoms with Gasteiger partial charge in [-0.2, -0.15) is 0 Å². The third kappa shape index (κ3) is 4.31. The second kappa shape index (κ2) is 7.95. The number of sulfone groups is 1. The van der Waals surface area contributed by atoms with Crippen molar-refractivity contribution >= 4 is 65.5 Å². The van der Waals surface area contributed by atoms with Crippen molar-refractivity contribution in [3.05, 3.63) is 58.6 Å². The van der Waals surface area contributed by atoms with Gasteiger partial charge in [-0.1, -0.05) is 47.5 Å². The Morgan fingerprint density at radius 1 is 0.933 bits per heavy atom. The number of phenols is 1. The Labute approximate surface area is 181 Å². The summed E-state index contributed by atoms with van der Waals surface area (Å²) in [6.45, 7) is 0. The van der Waals surface area contributed by atoms with Crippen molar-refractivity contribution in [1.82, 2.24) is 0 Å². The van der Waals surface area contributed by atoms with E-state index in [-0.39, 0.29) is 31.4 Å². The van der Waals surface area contributed by atoms with Crippen LogP contribution in [0.15, 0.2) is 58.3 Å². The molecule has 30 heavy (non-hydrogen) atoms. The molecule has 0 unspecified atom stereocenters. The van der Waals surface area contributed by atoms with Crippen molar-refractivity contribution in [2.75, 3.05) is 10.5 Å². The number of aliphatic carboxylic acids is 1. The molecule has 0 aromatic heterocycles. The lowest BCUT2D eigenvalue weighted by molar-refractivity contribution is -0.134. The Morgan fingerprint density at radius 2 is 1.57 bits per heavy atom. The molecule has 0 aliphatic rings. The van der Waals surface area contributed by atoms with Gasteiger partial charge in [-0.3, -0.25) is 9.52 Å². The highest BCUT2D eigenvalue weighted by molar-refractivity contribution is 7.93. The zero-order valence-corrected chi connectivity index (χ0v) is 18.0. The summed E-state index contributed by atoms with van der Waals surface area (Å²) >= 11 is 11.7. The molecule has 3 rings (SSSR count). The predicted molar refractivity (Wildman–Crippen MR) is 113 cm³/mol. The van der Waals surface area contributed by atoms with Gasteiger partial charge >= 0.3 is 5.97 Å². The van der Waals surface area contributed by atoms with Gasteiger partial charge in [0.05, 0.1) is 20.6 Å². The van der Waals surface area contributed by atoms with Crippen molar-refractivity contribution in [1.29, 1.82) is 0 Å². The summed E-state index contributed by atoms with van der Waals surface area (Å²) in [6, 6.07) is 10.4. The van der Waals surface area contributed by atoms with E-state index in [2.05, 4.69) is 4.72 Å². The van der Waals surface area contributed by atoms with E-state index in [1.54, 1.807) is 6.07 Å². The minimum Gasteiger partial charge on any atom is -0.506 e. The number of carboxylic acids is 1. The zero-order valence-electron chi connectivity index (χ0n) is 14.8. The van der Waals surface area contributed by atoms with E-state index >= 15 is 0 Å². The Bertz CT molecular complexity index is 1390. The van der Waals surface area contributed by atoms with E-state index in [4.69, 9.17) is 28.3 Å². The molecule has 3 aromatic carbocycles. The molecule has 12 heteroatoms. The predicted octanol–water partition coefficient (Wildman–Crippen LogP) is 3.51. The van der Waals surface area contributed by atoms with E-state index in [9.17, 15) is 26.7 Å². The maximum Gasteiger partial charge on any atom is 0.319 e. The maximum atomic E-state index is 12.8. The molecule has 0 spiro atoms. The lowest BCUT2D eigenvalue weighted by Crippen LogP contribution is -2.17. The quantitative estimate of drug-likeness (QED) is 0.450. The molecule has 0 radical (unpaired) electrons. The standard InChI is InChI=1S/C18H13Cl2NO7S2/c19-13-6-5-10(7-14(13)20)30(27,28)21-15-8-16(29(25,26)9-17(22)23)18(24)12-4-2-1-3-11(12)15/h1-8,21,24H,9H2,(H,22,23). The number of anilines is 1. The van der Waals surface area contributed by atoms with Crippen LogP contribution in [0.5, 0.6) is 5.75 Å². The smallest absolute Gasteiger partial charge is 0.319 e. The van der Waals surface area contributed by atoms with Crippen LogP contribution < -0.4 is 4.72 Å². The largest absolute Gasteiger partial charge is 0.506 e. The van der Waals surface area contributed by atoms with Crippen molar-refractivity contribution in [3.8, 4) is 5.75 Å². The fourth-order valence-corrected chi connectivity index (χ4v) is 5.39. The average Bonchev–Trinajstić information content (AvgIpc) is 2.65. The lowest BCUT2D eigenvalue weighted by atomic mass is 10.1. The number of aromatic hydroxyl groups is 1. The third-order valence-corrected chi connectivity index (χ3v) is 7.79. The summed E-state index contributed by atoms with van der Waals surface area (Å²) < 4.78 is 52.7. The van der Waals surface area contributed by atoms with Gasteiger partial charge in [0.1, 0.15) is 10.6 Å². The number of nitrogens with one attached hydrogen (secondary N) is 1. The summed E-state index contributed by atoms with van der Waals surface area (Å²) in [6.07, 6.45) is 0. The van der Waals surface area contributed by atoms with Crippen molar-refractivity contribution in [2.45, 2.75) is 9.79 Å². The number of carbonyl (C=O) groups is 1. The first-order chi connectivity index (χ1) is 13.9. The molecule has 0 saturated carbocycles. The van der Waals surface area contributed by atoms with Gasteiger partial charge in [0, 0.05) is 10.8 Å². The van der Waals surface area contributed by atoms with Crippen LogP contribution in [0.2, 0.25) is 10.0 Å².